The molecule has 10 rings (SSSR count). The van der Waals surface area contributed by atoms with Crippen LogP contribution in [0.4, 0.5) is 17.6 Å². The smallest absolute Gasteiger partial charge is 0.416 e. The fraction of sp³-hybridized carbons (Fsp3) is 0.439. The van der Waals surface area contributed by atoms with Gasteiger partial charge in [0.2, 0.25) is 0 Å². The molecule has 10 aromatic rings. The molecule has 10 nitrogen and oxygen atoms in total. The van der Waals surface area contributed by atoms with Crippen molar-refractivity contribution in [2.45, 2.75) is 299 Å². The van der Waals surface area contributed by atoms with E-state index < -0.39 is 11.7 Å². The largest absolute Gasteiger partial charge is 0.496 e. The topological polar surface area (TPSA) is 118 Å². The summed E-state index contributed by atoms with van der Waals surface area (Å²) in [5, 5.41) is 30.1. The number of ether oxygens (including phenoxy) is 1. The van der Waals surface area contributed by atoms with Crippen LogP contribution >= 0.6 is 0 Å². The second kappa shape index (κ2) is 66.0. The first kappa shape index (κ1) is 110. The highest BCUT2D eigenvalue weighted by molar-refractivity contribution is 5.33. The monoisotopic (exact) mass is 1660 g/mol. The SMILES string of the molecule is CC(C)Cc1ccccc1.CC(C)NCc1ccc(C(F)(F)F)cc1.CC(C)NCc1ccc(F)cc1.CC(C)NCc1ccccc1.COc1ccccc1CNC(C)C.Cc1ccc(CNC(C)C)cc1.Cc1cccc(CNC(C)C)c1.Cc1cccc(CNC(C)C)c1.Cc1cccc(CNC(C)C)c1.Cc1ccccc1CNC(C)C. The summed E-state index contributed by atoms with van der Waals surface area (Å²) in [6.45, 7) is 61.6. The van der Waals surface area contributed by atoms with Crippen molar-refractivity contribution in [1.29, 1.82) is 0 Å². The third-order valence-corrected chi connectivity index (χ3v) is 17.7. The molecule has 0 saturated heterocycles. The van der Waals surface area contributed by atoms with E-state index in [-0.39, 0.29) is 5.82 Å². The van der Waals surface area contributed by atoms with E-state index in [4.69, 9.17) is 4.74 Å². The Labute approximate surface area is 733 Å². The fourth-order valence-electron chi connectivity index (χ4n) is 10.8. The highest BCUT2D eigenvalue weighted by Gasteiger charge is 2.30. The van der Waals surface area contributed by atoms with Gasteiger partial charge in [0.05, 0.1) is 12.7 Å². The minimum Gasteiger partial charge on any atom is -0.496 e. The second-order valence-electron chi connectivity index (χ2n) is 33.9. The van der Waals surface area contributed by atoms with Crippen LogP contribution in [0.25, 0.3) is 0 Å². The predicted molar refractivity (Wildman–Crippen MR) is 516 cm³/mol. The van der Waals surface area contributed by atoms with Gasteiger partial charge in [0.1, 0.15) is 11.6 Å². The molecule has 0 atom stereocenters. The van der Waals surface area contributed by atoms with Crippen LogP contribution in [0, 0.1) is 46.4 Å². The molecular weight excluding hydrogens is 1500 g/mol. The molecule has 0 heterocycles. The van der Waals surface area contributed by atoms with Gasteiger partial charge in [0.25, 0.3) is 0 Å². The van der Waals surface area contributed by atoms with Gasteiger partial charge < -0.3 is 52.6 Å². The molecule has 0 aliphatic heterocycles. The molecule has 0 radical (unpaired) electrons. The Hall–Kier alpha value is -8.64. The Balaban J connectivity index is 0.000000673. The van der Waals surface area contributed by atoms with Crippen LogP contribution in [0.2, 0.25) is 0 Å². The summed E-state index contributed by atoms with van der Waals surface area (Å²) in [5.41, 5.74) is 18.9. The molecule has 666 valence electrons. The van der Waals surface area contributed by atoms with E-state index in [1.165, 1.54) is 103 Å². The molecule has 0 saturated carbocycles. The minimum atomic E-state index is -4.25. The van der Waals surface area contributed by atoms with Crippen molar-refractivity contribution in [2.75, 3.05) is 7.11 Å². The van der Waals surface area contributed by atoms with Crippen LogP contribution < -0.4 is 52.6 Å². The number of alkyl halides is 3. The van der Waals surface area contributed by atoms with Crippen molar-refractivity contribution in [3.05, 3.63) is 350 Å². The Morgan fingerprint density at radius 1 is 0.256 bits per heavy atom. The van der Waals surface area contributed by atoms with Gasteiger partial charge in [0, 0.05) is 119 Å². The van der Waals surface area contributed by atoms with Crippen molar-refractivity contribution in [2.24, 2.45) is 5.92 Å². The number of halogens is 4. The van der Waals surface area contributed by atoms with Crippen LogP contribution in [-0.4, -0.2) is 61.5 Å². The van der Waals surface area contributed by atoms with E-state index in [1.54, 1.807) is 19.2 Å². The van der Waals surface area contributed by atoms with Gasteiger partial charge >= 0.3 is 6.18 Å². The first-order valence-electron chi connectivity index (χ1n) is 43.8. The van der Waals surface area contributed by atoms with E-state index in [9.17, 15) is 17.6 Å². The van der Waals surface area contributed by atoms with E-state index in [2.05, 4.69) is 389 Å². The number of hydrogen-bond donors (Lipinski definition) is 9. The summed E-state index contributed by atoms with van der Waals surface area (Å²) in [4.78, 5) is 0. The van der Waals surface area contributed by atoms with Crippen molar-refractivity contribution >= 4 is 0 Å². The third kappa shape index (κ3) is 62.2. The number of nitrogens with one attached hydrogen (secondary N) is 9. The predicted octanol–water partition coefficient (Wildman–Crippen LogP) is 25.3. The first-order chi connectivity index (χ1) is 57.3. The molecule has 10 aromatic carbocycles. The third-order valence-electron chi connectivity index (χ3n) is 17.7. The number of para-hydroxylation sites is 1. The molecular formula is C107H159F4N9O. The summed E-state index contributed by atoms with van der Waals surface area (Å²) >= 11 is 0. The molecule has 0 aliphatic carbocycles. The average molecular weight is 1660 g/mol. The van der Waals surface area contributed by atoms with Gasteiger partial charge in [0.15, 0.2) is 0 Å². The Morgan fingerprint density at radius 2 is 0.521 bits per heavy atom. The lowest BCUT2D eigenvalue weighted by molar-refractivity contribution is -0.137. The van der Waals surface area contributed by atoms with E-state index in [0.29, 0.717) is 60.9 Å². The number of benzene rings is 10. The molecule has 0 aromatic heterocycles. The standard InChI is InChI=1S/C11H14F3N.C11H17NO.5C11H17N.C10H14FN.C10H15N.C10H14/c1-8(2)15-7-9-3-5-10(6-4-9)11(12,13)14;1-9(2)12-8-10-6-4-5-7-11(10)13-3;1-9(2)12-8-11-6-4-10(3)5-7-11;3*1-9(2)12-8-11-6-4-5-10(3)7-11;1-9(2)12-8-11-7-5-4-6-10(11)3;1-8(2)12-7-9-3-5-10(11)6-4-9;1-9(2)11-8-10-6-4-3-5-7-10;1-9(2)8-10-6-4-3-5-7-10/h3-6,8,15H,7H2,1-2H3;4-7,9,12H,8H2,1-3H3;5*4-7,9,12H,8H2,1-3H3;3-6,8,12H,7H2,1-2H3;3-7,9,11H,8H2,1-2H3;3-7,9H,8H2,1-2H3. The van der Waals surface area contributed by atoms with Gasteiger partial charge in [-0.1, -0.05) is 385 Å². The molecule has 0 fully saturated rings. The van der Waals surface area contributed by atoms with Crippen LogP contribution in [-0.2, 0) is 71.5 Å². The zero-order valence-corrected chi connectivity index (χ0v) is 79.0. The lowest BCUT2D eigenvalue weighted by atomic mass is 10.0. The maximum Gasteiger partial charge on any atom is 0.416 e. The first-order valence-corrected chi connectivity index (χ1v) is 43.8. The highest BCUT2D eigenvalue weighted by atomic mass is 19.4. The molecule has 0 spiro atoms. The maximum absolute atomic E-state index is 12.5. The van der Waals surface area contributed by atoms with Crippen LogP contribution in [0.1, 0.15) is 227 Å². The molecule has 0 unspecified atom stereocenters. The van der Waals surface area contributed by atoms with Gasteiger partial charge in [-0.15, -0.1) is 0 Å². The van der Waals surface area contributed by atoms with E-state index in [0.717, 1.165) is 87.3 Å². The summed E-state index contributed by atoms with van der Waals surface area (Å²) in [6.07, 6.45) is -3.05. The molecule has 9 N–H and O–H groups in total. The highest BCUT2D eigenvalue weighted by Crippen LogP contribution is 2.29. The van der Waals surface area contributed by atoms with Crippen molar-refractivity contribution in [3.8, 4) is 5.75 Å². The van der Waals surface area contributed by atoms with Crippen molar-refractivity contribution in [3.63, 3.8) is 0 Å². The summed E-state index contributed by atoms with van der Waals surface area (Å²) in [5.74, 6) is 1.54. The molecule has 0 amide bonds. The van der Waals surface area contributed by atoms with Gasteiger partial charge in [-0.05, 0) is 133 Å². The normalized spacial score (nSPS) is 10.8. The summed E-state index contributed by atoms with van der Waals surface area (Å²) < 4.78 is 54.4. The van der Waals surface area contributed by atoms with Gasteiger partial charge in [-0.25, -0.2) is 4.39 Å². The van der Waals surface area contributed by atoms with Crippen molar-refractivity contribution in [1.82, 2.24) is 47.9 Å². The minimum absolute atomic E-state index is 0.178. The Kier molecular flexibility index (Phi) is 60.2. The fourth-order valence-corrected chi connectivity index (χ4v) is 10.8. The summed E-state index contributed by atoms with van der Waals surface area (Å²) in [6, 6.07) is 88.5. The lowest BCUT2D eigenvalue weighted by Crippen LogP contribution is -2.22. The molecule has 121 heavy (non-hydrogen) atoms. The zero-order chi connectivity index (χ0) is 90.5. The molecule has 14 heteroatoms. The summed E-state index contributed by atoms with van der Waals surface area (Å²) in [7, 11) is 1.70. The second-order valence-corrected chi connectivity index (χ2v) is 33.9. The Bertz CT molecular complexity index is 3950. The van der Waals surface area contributed by atoms with Crippen molar-refractivity contribution < 1.29 is 22.3 Å². The van der Waals surface area contributed by atoms with Gasteiger partial charge in [-0.3, -0.25) is 0 Å². The number of aryl methyl sites for hydroxylation is 5. The molecule has 0 aliphatic rings. The average Bonchev–Trinajstić information content (AvgIpc) is 0.856. The lowest BCUT2D eigenvalue weighted by Gasteiger charge is -2.11. The van der Waals surface area contributed by atoms with Crippen LogP contribution in [0.15, 0.2) is 255 Å². The number of methoxy groups -OCH3 is 1. The van der Waals surface area contributed by atoms with Crippen LogP contribution in [0.3, 0.4) is 0 Å². The number of rotatable bonds is 30. The zero-order valence-electron chi connectivity index (χ0n) is 79.0. The van der Waals surface area contributed by atoms with Gasteiger partial charge in [-0.2, -0.15) is 13.2 Å². The van der Waals surface area contributed by atoms with Crippen LogP contribution in [0.5, 0.6) is 5.75 Å². The Morgan fingerprint density at radius 3 is 0.835 bits per heavy atom. The van der Waals surface area contributed by atoms with E-state index >= 15 is 0 Å². The maximum atomic E-state index is 12.5. The quantitative estimate of drug-likeness (QED) is 0.0202. The van der Waals surface area contributed by atoms with E-state index in [1.807, 2.05) is 38.1 Å². The molecule has 0 bridgehead atoms. The number of hydrogen-bond acceptors (Lipinski definition) is 10.